The van der Waals surface area contributed by atoms with Crippen LogP contribution in [-0.2, 0) is 12.7 Å². The summed E-state index contributed by atoms with van der Waals surface area (Å²) in [5, 5.41) is 3.18. The van der Waals surface area contributed by atoms with Crippen molar-refractivity contribution < 1.29 is 17.6 Å². The number of halogens is 5. The van der Waals surface area contributed by atoms with Gasteiger partial charge in [-0.3, -0.25) is 0 Å². The van der Waals surface area contributed by atoms with Crippen LogP contribution in [-0.4, -0.2) is 29.1 Å². The van der Waals surface area contributed by atoms with Crippen LogP contribution in [0.3, 0.4) is 0 Å². The fourth-order valence-electron chi connectivity index (χ4n) is 2.70. The van der Waals surface area contributed by atoms with E-state index in [1.54, 1.807) is 12.4 Å². The lowest BCUT2D eigenvalue weighted by Crippen LogP contribution is -2.32. The molecule has 134 valence electrons. The highest BCUT2D eigenvalue weighted by Gasteiger charge is 2.31. The van der Waals surface area contributed by atoms with Gasteiger partial charge in [0.05, 0.1) is 10.0 Å². The number of nitrogens with one attached hydrogen (secondary N) is 1. The molecule has 0 spiro atoms. The lowest BCUT2D eigenvalue weighted by atomic mass is 10.1. The summed E-state index contributed by atoms with van der Waals surface area (Å²) < 4.78 is 52.3. The molecule has 9 heteroatoms. The normalized spacial score (nSPS) is 18.0. The number of nitrogens with zero attached hydrogens (tertiary/aromatic N) is 3. The SMILES string of the molecule is Fc1cc(C(F)(F)F)ccc1CNC1CCN(c2ncc(Br)cn2)C1. The summed E-state index contributed by atoms with van der Waals surface area (Å²) >= 11 is 3.28. The maximum Gasteiger partial charge on any atom is 0.416 e. The Kier molecular flexibility index (Phi) is 5.24. The molecule has 1 saturated heterocycles. The topological polar surface area (TPSA) is 41.0 Å². The third-order valence-electron chi connectivity index (χ3n) is 4.04. The Morgan fingerprint density at radius 1 is 1.24 bits per heavy atom. The van der Waals surface area contributed by atoms with Gasteiger partial charge in [0, 0.05) is 43.6 Å². The molecule has 3 rings (SSSR count). The molecule has 2 aromatic rings. The predicted octanol–water partition coefficient (Wildman–Crippen LogP) is 3.77. The first-order valence-corrected chi connectivity index (χ1v) is 8.44. The standard InChI is InChI=1S/C16H15BrF4N4/c17-12-7-23-15(24-8-12)25-4-3-13(9-25)22-6-10-1-2-11(5-14(10)18)16(19,20)21/h1-2,5,7-8,13,22H,3-4,6,9H2. The molecule has 1 fully saturated rings. The maximum absolute atomic E-state index is 13.9. The summed E-state index contributed by atoms with van der Waals surface area (Å²) in [6.45, 7) is 1.59. The van der Waals surface area contributed by atoms with E-state index in [9.17, 15) is 17.6 Å². The Hall–Kier alpha value is -1.74. The first-order chi connectivity index (χ1) is 11.8. The van der Waals surface area contributed by atoms with Crippen LogP contribution in [0.5, 0.6) is 0 Å². The average molecular weight is 419 g/mol. The van der Waals surface area contributed by atoms with Gasteiger partial charge in [0.15, 0.2) is 0 Å². The van der Waals surface area contributed by atoms with Crippen molar-refractivity contribution >= 4 is 21.9 Å². The van der Waals surface area contributed by atoms with Gasteiger partial charge in [-0.2, -0.15) is 13.2 Å². The summed E-state index contributed by atoms with van der Waals surface area (Å²) in [6, 6.07) is 2.70. The molecule has 4 nitrogen and oxygen atoms in total. The molecule has 0 aliphatic carbocycles. The van der Waals surface area contributed by atoms with E-state index in [-0.39, 0.29) is 18.2 Å². The minimum atomic E-state index is -4.54. The fraction of sp³-hybridized carbons (Fsp3) is 0.375. The molecular formula is C16H15BrF4N4. The summed E-state index contributed by atoms with van der Waals surface area (Å²) in [4.78, 5) is 10.5. The molecule has 0 radical (unpaired) electrons. The van der Waals surface area contributed by atoms with Crippen molar-refractivity contribution in [1.29, 1.82) is 0 Å². The Labute approximate surface area is 150 Å². The fourth-order valence-corrected chi connectivity index (χ4v) is 2.90. The van der Waals surface area contributed by atoms with Gasteiger partial charge < -0.3 is 10.2 Å². The summed E-state index contributed by atoms with van der Waals surface area (Å²) in [6.07, 6.45) is -0.382. The highest BCUT2D eigenvalue weighted by Crippen LogP contribution is 2.30. The number of alkyl halides is 3. The Balaban J connectivity index is 1.57. The molecule has 1 aliphatic heterocycles. The van der Waals surface area contributed by atoms with Gasteiger partial charge in [0.1, 0.15) is 5.82 Å². The van der Waals surface area contributed by atoms with Crippen LogP contribution in [0, 0.1) is 5.82 Å². The predicted molar refractivity (Wildman–Crippen MR) is 88.6 cm³/mol. The van der Waals surface area contributed by atoms with E-state index in [2.05, 4.69) is 31.2 Å². The lowest BCUT2D eigenvalue weighted by Gasteiger charge is -2.17. The van der Waals surface area contributed by atoms with Crippen LogP contribution in [0.15, 0.2) is 35.1 Å². The smallest absolute Gasteiger partial charge is 0.339 e. The van der Waals surface area contributed by atoms with Crippen molar-refractivity contribution in [2.45, 2.75) is 25.2 Å². The van der Waals surface area contributed by atoms with Crippen LogP contribution >= 0.6 is 15.9 Å². The van der Waals surface area contributed by atoms with Gasteiger partial charge in [-0.15, -0.1) is 0 Å². The van der Waals surface area contributed by atoms with E-state index < -0.39 is 17.6 Å². The van der Waals surface area contributed by atoms with Crippen molar-refractivity contribution in [3.8, 4) is 0 Å². The molecule has 1 aromatic carbocycles. The van der Waals surface area contributed by atoms with Crippen LogP contribution in [0.25, 0.3) is 0 Å². The minimum absolute atomic E-state index is 0.0916. The van der Waals surface area contributed by atoms with Crippen molar-refractivity contribution in [2.75, 3.05) is 18.0 Å². The molecule has 1 N–H and O–H groups in total. The zero-order valence-corrected chi connectivity index (χ0v) is 14.6. The second kappa shape index (κ2) is 7.25. The first-order valence-electron chi connectivity index (χ1n) is 7.64. The van der Waals surface area contributed by atoms with Gasteiger partial charge in [-0.1, -0.05) is 6.07 Å². The number of benzene rings is 1. The Bertz CT molecular complexity index is 736. The Morgan fingerprint density at radius 3 is 2.60 bits per heavy atom. The van der Waals surface area contributed by atoms with E-state index in [0.717, 1.165) is 23.5 Å². The number of hydrogen-bond donors (Lipinski definition) is 1. The quantitative estimate of drug-likeness (QED) is 0.767. The van der Waals surface area contributed by atoms with E-state index in [0.29, 0.717) is 18.6 Å². The lowest BCUT2D eigenvalue weighted by molar-refractivity contribution is -0.137. The zero-order valence-electron chi connectivity index (χ0n) is 13.0. The molecule has 1 atom stereocenters. The molecule has 0 amide bonds. The number of hydrogen-bond acceptors (Lipinski definition) is 4. The second-order valence-electron chi connectivity index (χ2n) is 5.82. The van der Waals surface area contributed by atoms with Gasteiger partial charge in [0.2, 0.25) is 5.95 Å². The number of rotatable bonds is 4. The van der Waals surface area contributed by atoms with E-state index in [4.69, 9.17) is 0 Å². The van der Waals surface area contributed by atoms with Crippen molar-refractivity contribution in [2.24, 2.45) is 0 Å². The van der Waals surface area contributed by atoms with E-state index >= 15 is 0 Å². The number of aromatic nitrogens is 2. The third-order valence-corrected chi connectivity index (χ3v) is 4.45. The highest BCUT2D eigenvalue weighted by atomic mass is 79.9. The average Bonchev–Trinajstić information content (AvgIpc) is 3.02. The van der Waals surface area contributed by atoms with E-state index in [1.807, 2.05) is 4.90 Å². The van der Waals surface area contributed by atoms with Gasteiger partial charge in [-0.05, 0) is 34.5 Å². The summed E-state index contributed by atoms with van der Waals surface area (Å²) in [5.74, 6) is -0.235. The molecule has 0 bridgehead atoms. The van der Waals surface area contributed by atoms with Gasteiger partial charge >= 0.3 is 6.18 Å². The second-order valence-corrected chi connectivity index (χ2v) is 6.73. The van der Waals surface area contributed by atoms with Crippen molar-refractivity contribution in [1.82, 2.24) is 15.3 Å². The molecule has 1 aromatic heterocycles. The summed E-state index contributed by atoms with van der Waals surface area (Å²) in [7, 11) is 0. The van der Waals surface area contributed by atoms with E-state index in [1.165, 1.54) is 6.07 Å². The van der Waals surface area contributed by atoms with Crippen LogP contribution in [0.4, 0.5) is 23.5 Å². The summed E-state index contributed by atoms with van der Waals surface area (Å²) in [5.41, 5.74) is -0.764. The first kappa shape index (κ1) is 18.1. The zero-order chi connectivity index (χ0) is 18.0. The molecule has 1 unspecified atom stereocenters. The molecule has 1 aliphatic rings. The van der Waals surface area contributed by atoms with Crippen molar-refractivity contribution in [3.63, 3.8) is 0 Å². The van der Waals surface area contributed by atoms with Crippen molar-refractivity contribution in [3.05, 3.63) is 52.0 Å². The van der Waals surface area contributed by atoms with Gasteiger partial charge in [-0.25, -0.2) is 14.4 Å². The number of anilines is 1. The Morgan fingerprint density at radius 2 is 1.96 bits per heavy atom. The van der Waals surface area contributed by atoms with Crippen LogP contribution in [0.2, 0.25) is 0 Å². The minimum Gasteiger partial charge on any atom is -0.339 e. The van der Waals surface area contributed by atoms with Gasteiger partial charge in [0.25, 0.3) is 0 Å². The molecule has 2 heterocycles. The van der Waals surface area contributed by atoms with Crippen LogP contribution < -0.4 is 10.2 Å². The monoisotopic (exact) mass is 418 g/mol. The van der Waals surface area contributed by atoms with Crippen LogP contribution in [0.1, 0.15) is 17.5 Å². The third kappa shape index (κ3) is 4.46. The molecule has 0 saturated carbocycles. The molecular weight excluding hydrogens is 404 g/mol. The highest BCUT2D eigenvalue weighted by molar-refractivity contribution is 9.10. The largest absolute Gasteiger partial charge is 0.416 e. The maximum atomic E-state index is 13.9. The molecule has 25 heavy (non-hydrogen) atoms.